The van der Waals surface area contributed by atoms with Gasteiger partial charge in [0.1, 0.15) is 0 Å². The molecule has 4 rings (SSSR count). The predicted molar refractivity (Wildman–Crippen MR) is 89.6 cm³/mol. The van der Waals surface area contributed by atoms with Gasteiger partial charge in [0, 0.05) is 35.6 Å². The standard InChI is InChI=1S/C18H20ClN3O/c1-11-16-8-13(5-6-17(16)21-20-11)18(23)22-9-14(10-22)12-3-2-4-15(19)7-12/h2-4,7,13-14H,5-6,8-10H2,1H3,(H,20,21). The Bertz CT molecular complexity index is 748. The molecule has 1 fully saturated rings. The normalized spacial score (nSPS) is 21.0. The van der Waals surface area contributed by atoms with Gasteiger partial charge in [0.15, 0.2) is 0 Å². The second-order valence-electron chi connectivity index (χ2n) is 6.71. The van der Waals surface area contributed by atoms with E-state index in [1.54, 1.807) is 0 Å². The third-order valence-electron chi connectivity index (χ3n) is 5.20. The maximum atomic E-state index is 12.7. The summed E-state index contributed by atoms with van der Waals surface area (Å²) in [6.07, 6.45) is 2.64. The highest BCUT2D eigenvalue weighted by Gasteiger charge is 2.37. The molecule has 2 aromatic rings. The molecular weight excluding hydrogens is 310 g/mol. The number of carbonyl (C=O) groups excluding carboxylic acids is 1. The fourth-order valence-electron chi connectivity index (χ4n) is 3.74. The van der Waals surface area contributed by atoms with Crippen molar-refractivity contribution >= 4 is 17.5 Å². The largest absolute Gasteiger partial charge is 0.341 e. The number of nitrogens with zero attached hydrogens (tertiary/aromatic N) is 2. The maximum Gasteiger partial charge on any atom is 0.226 e. The number of halogens is 1. The van der Waals surface area contributed by atoms with E-state index in [0.29, 0.717) is 11.8 Å². The van der Waals surface area contributed by atoms with Gasteiger partial charge in [-0.05, 0) is 49.4 Å². The van der Waals surface area contributed by atoms with Crippen LogP contribution in [0.5, 0.6) is 0 Å². The summed E-state index contributed by atoms with van der Waals surface area (Å²) in [5, 5.41) is 8.14. The number of carbonyl (C=O) groups is 1. The van der Waals surface area contributed by atoms with Crippen molar-refractivity contribution < 1.29 is 4.79 Å². The molecule has 120 valence electrons. The second kappa shape index (κ2) is 5.68. The lowest BCUT2D eigenvalue weighted by Gasteiger charge is -2.42. The Balaban J connectivity index is 1.39. The van der Waals surface area contributed by atoms with Crippen molar-refractivity contribution in [3.05, 3.63) is 51.8 Å². The third-order valence-corrected chi connectivity index (χ3v) is 5.44. The van der Waals surface area contributed by atoms with E-state index in [0.717, 1.165) is 48.8 Å². The number of hydrogen-bond donors (Lipinski definition) is 1. The minimum atomic E-state index is 0.110. The fourth-order valence-corrected chi connectivity index (χ4v) is 3.94. The van der Waals surface area contributed by atoms with Crippen molar-refractivity contribution in [3.63, 3.8) is 0 Å². The van der Waals surface area contributed by atoms with E-state index in [1.165, 1.54) is 11.1 Å². The number of aromatic nitrogens is 2. The lowest BCUT2D eigenvalue weighted by Crippen LogP contribution is -2.51. The van der Waals surface area contributed by atoms with Crippen LogP contribution in [0, 0.1) is 12.8 Å². The van der Waals surface area contributed by atoms with Gasteiger partial charge in [-0.15, -0.1) is 0 Å². The van der Waals surface area contributed by atoms with Crippen LogP contribution < -0.4 is 0 Å². The van der Waals surface area contributed by atoms with E-state index < -0.39 is 0 Å². The molecule has 1 amide bonds. The van der Waals surface area contributed by atoms with Crippen LogP contribution in [0.1, 0.15) is 34.9 Å². The molecule has 1 saturated heterocycles. The van der Waals surface area contributed by atoms with Crippen molar-refractivity contribution in [2.75, 3.05) is 13.1 Å². The van der Waals surface area contributed by atoms with Crippen molar-refractivity contribution in [3.8, 4) is 0 Å². The zero-order valence-corrected chi connectivity index (χ0v) is 13.9. The van der Waals surface area contributed by atoms with Gasteiger partial charge in [-0.1, -0.05) is 23.7 Å². The van der Waals surface area contributed by atoms with E-state index in [1.807, 2.05) is 30.0 Å². The Kier molecular flexibility index (Phi) is 3.64. The number of hydrogen-bond acceptors (Lipinski definition) is 2. The molecule has 1 aliphatic carbocycles. The summed E-state index contributed by atoms with van der Waals surface area (Å²) in [6, 6.07) is 7.97. The summed E-state index contributed by atoms with van der Waals surface area (Å²) in [4.78, 5) is 14.7. The lowest BCUT2D eigenvalue weighted by atomic mass is 9.83. The summed E-state index contributed by atoms with van der Waals surface area (Å²) < 4.78 is 0. The van der Waals surface area contributed by atoms with Crippen molar-refractivity contribution in [2.24, 2.45) is 5.92 Å². The number of fused-ring (bicyclic) bond motifs is 1. The molecule has 1 N–H and O–H groups in total. The van der Waals surface area contributed by atoms with E-state index >= 15 is 0 Å². The van der Waals surface area contributed by atoms with E-state index in [4.69, 9.17) is 11.6 Å². The average molecular weight is 330 g/mol. The van der Waals surface area contributed by atoms with Gasteiger partial charge in [0.25, 0.3) is 0 Å². The van der Waals surface area contributed by atoms with Crippen LogP contribution in [0.3, 0.4) is 0 Å². The molecule has 1 aromatic carbocycles. The first-order valence-corrected chi connectivity index (χ1v) is 8.56. The highest BCUT2D eigenvalue weighted by molar-refractivity contribution is 6.30. The van der Waals surface area contributed by atoms with Gasteiger partial charge in [-0.25, -0.2) is 0 Å². The van der Waals surface area contributed by atoms with Crippen molar-refractivity contribution in [1.82, 2.24) is 15.1 Å². The number of H-pyrrole nitrogens is 1. The first kappa shape index (κ1) is 14.8. The smallest absolute Gasteiger partial charge is 0.226 e. The van der Waals surface area contributed by atoms with Crippen molar-refractivity contribution in [2.45, 2.75) is 32.1 Å². The van der Waals surface area contributed by atoms with Gasteiger partial charge in [-0.2, -0.15) is 5.10 Å². The zero-order chi connectivity index (χ0) is 16.0. The third kappa shape index (κ3) is 2.65. The van der Waals surface area contributed by atoms with Crippen LogP contribution in [0.4, 0.5) is 0 Å². The summed E-state index contributed by atoms with van der Waals surface area (Å²) in [6.45, 7) is 3.66. The van der Waals surface area contributed by atoms with Gasteiger partial charge in [0.2, 0.25) is 5.91 Å². The molecular formula is C18H20ClN3O. The summed E-state index contributed by atoms with van der Waals surface area (Å²) in [5.74, 6) is 0.834. The highest BCUT2D eigenvalue weighted by Crippen LogP contribution is 2.33. The number of aryl methyl sites for hydroxylation is 2. The monoisotopic (exact) mass is 329 g/mol. The van der Waals surface area contributed by atoms with Crippen LogP contribution in [0.2, 0.25) is 5.02 Å². The molecule has 1 aromatic heterocycles. The first-order chi connectivity index (χ1) is 11.1. The summed E-state index contributed by atoms with van der Waals surface area (Å²) in [7, 11) is 0. The molecule has 4 nitrogen and oxygen atoms in total. The molecule has 0 bridgehead atoms. The topological polar surface area (TPSA) is 49.0 Å². The quantitative estimate of drug-likeness (QED) is 0.920. The number of amides is 1. The lowest BCUT2D eigenvalue weighted by molar-refractivity contribution is -0.140. The average Bonchev–Trinajstić information content (AvgIpc) is 2.87. The molecule has 1 atom stereocenters. The molecule has 2 aliphatic rings. The molecule has 1 aliphatic heterocycles. The molecule has 23 heavy (non-hydrogen) atoms. The Morgan fingerprint density at radius 3 is 3.00 bits per heavy atom. The molecule has 0 radical (unpaired) electrons. The maximum absolute atomic E-state index is 12.7. The van der Waals surface area contributed by atoms with Gasteiger partial charge >= 0.3 is 0 Å². The van der Waals surface area contributed by atoms with Gasteiger partial charge < -0.3 is 4.90 Å². The van der Waals surface area contributed by atoms with Crippen LogP contribution in [0.25, 0.3) is 0 Å². The molecule has 0 saturated carbocycles. The Hall–Kier alpha value is -1.81. The highest BCUT2D eigenvalue weighted by atomic mass is 35.5. The Morgan fingerprint density at radius 1 is 1.39 bits per heavy atom. The summed E-state index contributed by atoms with van der Waals surface area (Å²) in [5.41, 5.74) is 4.74. The predicted octanol–water partition coefficient (Wildman–Crippen LogP) is 3.10. The first-order valence-electron chi connectivity index (χ1n) is 8.19. The van der Waals surface area contributed by atoms with Gasteiger partial charge in [0.05, 0.1) is 5.69 Å². The number of rotatable bonds is 2. The Morgan fingerprint density at radius 2 is 2.22 bits per heavy atom. The second-order valence-corrected chi connectivity index (χ2v) is 7.15. The fraction of sp³-hybridized carbons (Fsp3) is 0.444. The summed E-state index contributed by atoms with van der Waals surface area (Å²) >= 11 is 6.05. The zero-order valence-electron chi connectivity index (χ0n) is 13.2. The van der Waals surface area contributed by atoms with Crippen molar-refractivity contribution in [1.29, 1.82) is 0 Å². The number of aromatic amines is 1. The Labute approximate surface area is 140 Å². The number of nitrogens with one attached hydrogen (secondary N) is 1. The molecule has 1 unspecified atom stereocenters. The molecule has 2 heterocycles. The van der Waals surface area contributed by atoms with Crippen LogP contribution >= 0.6 is 11.6 Å². The van der Waals surface area contributed by atoms with Gasteiger partial charge in [-0.3, -0.25) is 9.89 Å². The molecule has 0 spiro atoms. The minimum Gasteiger partial charge on any atom is -0.341 e. The van der Waals surface area contributed by atoms with Crippen LogP contribution in [0.15, 0.2) is 24.3 Å². The van der Waals surface area contributed by atoms with E-state index in [2.05, 4.69) is 16.3 Å². The molecule has 5 heteroatoms. The van der Waals surface area contributed by atoms with E-state index in [9.17, 15) is 4.79 Å². The SMILES string of the molecule is Cc1[nH]nc2c1CC(C(=O)N1CC(c3cccc(Cl)c3)C1)CC2. The number of likely N-dealkylation sites (tertiary alicyclic amines) is 1. The van der Waals surface area contributed by atoms with Crippen LogP contribution in [-0.4, -0.2) is 34.1 Å². The van der Waals surface area contributed by atoms with E-state index in [-0.39, 0.29) is 5.92 Å². The number of benzene rings is 1. The van der Waals surface area contributed by atoms with Crippen LogP contribution in [-0.2, 0) is 17.6 Å². The minimum absolute atomic E-state index is 0.110.